The van der Waals surface area contributed by atoms with Crippen molar-refractivity contribution < 1.29 is 22.1 Å². The predicted molar refractivity (Wildman–Crippen MR) is 89.9 cm³/mol. The minimum Gasteiger partial charge on any atom is -0.460 e. The first-order valence-corrected chi connectivity index (χ1v) is 9.86. The van der Waals surface area contributed by atoms with E-state index in [2.05, 4.69) is 0 Å². The van der Waals surface area contributed by atoms with E-state index < -0.39 is 32.9 Å². The number of para-hydroxylation sites is 1. The second-order valence-electron chi connectivity index (χ2n) is 7.75. The van der Waals surface area contributed by atoms with E-state index in [9.17, 15) is 13.2 Å². The molecular weight excluding hydrogens is 328 g/mol. The van der Waals surface area contributed by atoms with Gasteiger partial charge in [0.1, 0.15) is 16.6 Å². The zero-order valence-corrected chi connectivity index (χ0v) is 15.1. The third-order valence-corrected chi connectivity index (χ3v) is 6.58. The Bertz CT molecular complexity index is 705. The monoisotopic (exact) mass is 352 g/mol. The Hall–Kier alpha value is -1.56. The van der Waals surface area contributed by atoms with E-state index in [4.69, 9.17) is 8.92 Å². The second-order valence-corrected chi connectivity index (χ2v) is 9.44. The number of carbonyl (C=O) groups is 1. The fourth-order valence-corrected chi connectivity index (χ4v) is 5.92. The second kappa shape index (κ2) is 6.06. The van der Waals surface area contributed by atoms with Crippen LogP contribution in [-0.2, 0) is 19.6 Å². The highest BCUT2D eigenvalue weighted by molar-refractivity contribution is 7.87. The highest BCUT2D eigenvalue weighted by Crippen LogP contribution is 2.52. The summed E-state index contributed by atoms with van der Waals surface area (Å²) < 4.78 is 36.5. The Morgan fingerprint density at radius 1 is 1.08 bits per heavy atom. The molecule has 132 valence electrons. The lowest BCUT2D eigenvalue weighted by atomic mass is 9.88. The van der Waals surface area contributed by atoms with Gasteiger partial charge in [-0.25, -0.2) is 0 Å². The van der Waals surface area contributed by atoms with Gasteiger partial charge >= 0.3 is 16.1 Å². The minimum atomic E-state index is -3.89. The lowest BCUT2D eigenvalue weighted by molar-refractivity contribution is -0.161. The number of fused-ring (bicyclic) bond motifs is 2. The third-order valence-electron chi connectivity index (χ3n) is 4.81. The SMILES string of the molecule is CC(C)(C)OC(=O)C1C2CCC(C2)C1S(=O)(=O)Oc1ccccc1. The minimum absolute atomic E-state index is 0.0266. The highest BCUT2D eigenvalue weighted by Gasteiger charge is 2.58. The van der Waals surface area contributed by atoms with E-state index in [1.165, 1.54) is 0 Å². The van der Waals surface area contributed by atoms with Crippen LogP contribution in [0.5, 0.6) is 5.75 Å². The molecule has 0 aromatic heterocycles. The van der Waals surface area contributed by atoms with Crippen LogP contribution in [0, 0.1) is 17.8 Å². The number of esters is 1. The van der Waals surface area contributed by atoms with Gasteiger partial charge in [-0.15, -0.1) is 0 Å². The fraction of sp³-hybridized carbons (Fsp3) is 0.611. The molecule has 3 rings (SSSR count). The van der Waals surface area contributed by atoms with Crippen LogP contribution < -0.4 is 4.18 Å². The van der Waals surface area contributed by atoms with Crippen molar-refractivity contribution in [1.29, 1.82) is 0 Å². The van der Waals surface area contributed by atoms with Crippen molar-refractivity contribution in [3.63, 3.8) is 0 Å². The topological polar surface area (TPSA) is 69.7 Å². The van der Waals surface area contributed by atoms with Crippen LogP contribution in [-0.4, -0.2) is 25.2 Å². The van der Waals surface area contributed by atoms with Gasteiger partial charge in [0, 0.05) is 0 Å². The fourth-order valence-electron chi connectivity index (χ4n) is 4.02. The van der Waals surface area contributed by atoms with Crippen LogP contribution in [0.3, 0.4) is 0 Å². The van der Waals surface area contributed by atoms with Crippen molar-refractivity contribution in [2.75, 3.05) is 0 Å². The van der Waals surface area contributed by atoms with Crippen molar-refractivity contribution in [3.8, 4) is 5.75 Å². The zero-order chi connectivity index (χ0) is 17.5. The van der Waals surface area contributed by atoms with Crippen LogP contribution in [0.4, 0.5) is 0 Å². The van der Waals surface area contributed by atoms with Crippen molar-refractivity contribution >= 4 is 16.1 Å². The normalized spacial score (nSPS) is 29.5. The van der Waals surface area contributed by atoms with Crippen molar-refractivity contribution in [1.82, 2.24) is 0 Å². The maximum Gasteiger partial charge on any atom is 0.313 e. The Balaban J connectivity index is 1.85. The summed E-state index contributed by atoms with van der Waals surface area (Å²) in [5.41, 5.74) is -0.631. The molecule has 4 atom stereocenters. The summed E-state index contributed by atoms with van der Waals surface area (Å²) in [7, 11) is -3.89. The Morgan fingerprint density at radius 3 is 2.33 bits per heavy atom. The lowest BCUT2D eigenvalue weighted by Gasteiger charge is -2.31. The van der Waals surface area contributed by atoms with Crippen molar-refractivity contribution in [3.05, 3.63) is 30.3 Å². The predicted octanol–water partition coefficient (Wildman–Crippen LogP) is 3.15. The molecule has 0 amide bonds. The van der Waals surface area contributed by atoms with E-state index in [-0.39, 0.29) is 17.6 Å². The third kappa shape index (κ3) is 3.43. The van der Waals surface area contributed by atoms with E-state index >= 15 is 0 Å². The van der Waals surface area contributed by atoms with Crippen LogP contribution in [0.25, 0.3) is 0 Å². The molecule has 24 heavy (non-hydrogen) atoms. The van der Waals surface area contributed by atoms with Gasteiger partial charge in [-0.2, -0.15) is 8.42 Å². The van der Waals surface area contributed by atoms with Crippen molar-refractivity contribution in [2.24, 2.45) is 17.8 Å². The first kappa shape index (κ1) is 17.3. The van der Waals surface area contributed by atoms with Gasteiger partial charge < -0.3 is 8.92 Å². The quantitative estimate of drug-likeness (QED) is 0.615. The standard InChI is InChI=1S/C18H24O5S/c1-18(2,3)22-17(19)15-12-9-10-13(11-12)16(15)24(20,21)23-14-7-5-4-6-8-14/h4-8,12-13,15-16H,9-11H2,1-3H3. The van der Waals surface area contributed by atoms with E-state index in [0.29, 0.717) is 0 Å². The van der Waals surface area contributed by atoms with Gasteiger partial charge in [-0.1, -0.05) is 18.2 Å². The molecule has 0 spiro atoms. The smallest absolute Gasteiger partial charge is 0.313 e. The molecule has 5 nitrogen and oxygen atoms in total. The van der Waals surface area contributed by atoms with Crippen molar-refractivity contribution in [2.45, 2.75) is 50.9 Å². The molecule has 2 aliphatic carbocycles. The molecule has 0 aliphatic heterocycles. The summed E-state index contributed by atoms with van der Waals surface area (Å²) >= 11 is 0. The molecule has 0 N–H and O–H groups in total. The largest absolute Gasteiger partial charge is 0.460 e. The maximum absolute atomic E-state index is 12.8. The Morgan fingerprint density at radius 2 is 1.71 bits per heavy atom. The number of hydrogen-bond donors (Lipinski definition) is 0. The maximum atomic E-state index is 12.8. The average molecular weight is 352 g/mol. The van der Waals surface area contributed by atoms with Crippen LogP contribution in [0.1, 0.15) is 40.0 Å². The first-order valence-electron chi connectivity index (χ1n) is 8.38. The number of benzene rings is 1. The van der Waals surface area contributed by atoms with E-state index in [0.717, 1.165) is 19.3 Å². The highest BCUT2D eigenvalue weighted by atomic mass is 32.2. The number of rotatable bonds is 4. The van der Waals surface area contributed by atoms with Gasteiger partial charge in [-0.05, 0) is 64.0 Å². The van der Waals surface area contributed by atoms with Crippen LogP contribution >= 0.6 is 0 Å². The molecule has 2 saturated carbocycles. The summed E-state index contributed by atoms with van der Waals surface area (Å²) in [6.45, 7) is 5.38. The average Bonchev–Trinajstić information content (AvgIpc) is 3.06. The summed E-state index contributed by atoms with van der Waals surface area (Å²) in [6.07, 6.45) is 2.46. The summed E-state index contributed by atoms with van der Waals surface area (Å²) in [4.78, 5) is 12.6. The van der Waals surface area contributed by atoms with E-state index in [1.54, 1.807) is 51.1 Å². The lowest BCUT2D eigenvalue weighted by Crippen LogP contribution is -2.44. The van der Waals surface area contributed by atoms with Crippen LogP contribution in [0.15, 0.2) is 30.3 Å². The van der Waals surface area contributed by atoms with Crippen LogP contribution in [0.2, 0.25) is 0 Å². The van der Waals surface area contributed by atoms with Gasteiger partial charge in [0.05, 0.1) is 5.92 Å². The Labute approximate surface area is 143 Å². The number of ether oxygens (including phenoxy) is 1. The summed E-state index contributed by atoms with van der Waals surface area (Å²) in [5.74, 6) is -0.718. The molecule has 6 heteroatoms. The molecule has 0 radical (unpaired) electrons. The van der Waals surface area contributed by atoms with Gasteiger partial charge in [0.2, 0.25) is 0 Å². The van der Waals surface area contributed by atoms with Gasteiger partial charge in [-0.3, -0.25) is 4.79 Å². The number of carbonyl (C=O) groups excluding carboxylic acids is 1. The van der Waals surface area contributed by atoms with E-state index in [1.807, 2.05) is 0 Å². The molecule has 2 aliphatic rings. The molecule has 2 bridgehead atoms. The molecule has 0 heterocycles. The molecular formula is C18H24O5S. The molecule has 4 unspecified atom stereocenters. The number of hydrogen-bond acceptors (Lipinski definition) is 5. The molecule has 2 fully saturated rings. The Kier molecular flexibility index (Phi) is 4.36. The summed E-state index contributed by atoms with van der Waals surface area (Å²) in [6, 6.07) is 8.44. The first-order chi connectivity index (χ1) is 11.2. The van der Waals surface area contributed by atoms with Gasteiger partial charge in [0.15, 0.2) is 0 Å². The zero-order valence-electron chi connectivity index (χ0n) is 14.3. The molecule has 0 saturated heterocycles. The molecule has 1 aromatic carbocycles. The van der Waals surface area contributed by atoms with Gasteiger partial charge in [0.25, 0.3) is 0 Å². The summed E-state index contributed by atoms with van der Waals surface area (Å²) in [5, 5.41) is -0.814. The molecule has 1 aromatic rings.